The van der Waals surface area contributed by atoms with E-state index in [-0.39, 0.29) is 12.0 Å². The number of rotatable bonds is 4. The zero-order valence-electron chi connectivity index (χ0n) is 16.6. The van der Waals surface area contributed by atoms with Gasteiger partial charge in [-0.1, -0.05) is 12.1 Å². The van der Waals surface area contributed by atoms with Gasteiger partial charge in [-0.2, -0.15) is 0 Å². The number of benzene rings is 1. The molecule has 1 aromatic heterocycles. The van der Waals surface area contributed by atoms with E-state index in [9.17, 15) is 9.59 Å². The van der Waals surface area contributed by atoms with Crippen LogP contribution in [0.3, 0.4) is 0 Å². The fourth-order valence-electron chi connectivity index (χ4n) is 3.15. The Labute approximate surface area is 165 Å². The van der Waals surface area contributed by atoms with Gasteiger partial charge >= 0.3 is 6.09 Å². The Kier molecular flexibility index (Phi) is 6.13. The van der Waals surface area contributed by atoms with Gasteiger partial charge in [0.05, 0.1) is 6.61 Å². The molecule has 2 amide bonds. The van der Waals surface area contributed by atoms with E-state index < -0.39 is 0 Å². The van der Waals surface area contributed by atoms with E-state index in [0.29, 0.717) is 38.3 Å². The molecule has 0 bridgehead atoms. The van der Waals surface area contributed by atoms with Crippen molar-refractivity contribution in [1.29, 1.82) is 0 Å². The van der Waals surface area contributed by atoms with Gasteiger partial charge < -0.3 is 19.9 Å². The number of pyridine rings is 1. The fraction of sp³-hybridized carbons (Fsp3) is 0.381. The van der Waals surface area contributed by atoms with Crippen molar-refractivity contribution >= 4 is 23.5 Å². The molecule has 2 aromatic rings. The summed E-state index contributed by atoms with van der Waals surface area (Å²) in [7, 11) is 0. The van der Waals surface area contributed by atoms with Crippen LogP contribution in [0.4, 0.5) is 16.3 Å². The average Bonchev–Trinajstić information content (AvgIpc) is 2.72. The zero-order chi connectivity index (χ0) is 20.1. The lowest BCUT2D eigenvalue weighted by atomic mass is 10.1. The van der Waals surface area contributed by atoms with Crippen molar-refractivity contribution in [2.75, 3.05) is 43.0 Å². The highest BCUT2D eigenvalue weighted by atomic mass is 16.6. The monoisotopic (exact) mass is 382 g/mol. The molecule has 1 N–H and O–H groups in total. The molecular weight excluding hydrogens is 356 g/mol. The van der Waals surface area contributed by atoms with Gasteiger partial charge in [0.15, 0.2) is 0 Å². The number of carbonyl (C=O) groups excluding carboxylic acids is 2. The first kappa shape index (κ1) is 19.7. The molecule has 0 atom stereocenters. The molecule has 7 nitrogen and oxygen atoms in total. The molecule has 0 unspecified atom stereocenters. The second kappa shape index (κ2) is 8.73. The number of hydrogen-bond acceptors (Lipinski definition) is 5. The molecule has 1 aliphatic rings. The van der Waals surface area contributed by atoms with Crippen molar-refractivity contribution in [3.05, 3.63) is 53.2 Å². The molecule has 28 heavy (non-hydrogen) atoms. The molecule has 1 aromatic carbocycles. The predicted octanol–water partition coefficient (Wildman–Crippen LogP) is 3.23. The van der Waals surface area contributed by atoms with Crippen LogP contribution < -0.4 is 10.2 Å². The Morgan fingerprint density at radius 3 is 2.61 bits per heavy atom. The standard InChI is InChI=1S/C21H26N4O3/c1-4-28-21(27)25-12-10-24(11-13-25)19-14-17(8-9-22-19)20(26)23-18-7-5-6-15(2)16(18)3/h5-9,14H,4,10-13H2,1-3H3,(H,23,26). The van der Waals surface area contributed by atoms with Gasteiger partial charge in [0, 0.05) is 43.6 Å². The first-order valence-corrected chi connectivity index (χ1v) is 9.50. The van der Waals surface area contributed by atoms with Gasteiger partial charge in [0.1, 0.15) is 5.82 Å². The van der Waals surface area contributed by atoms with Gasteiger partial charge in [-0.05, 0) is 50.1 Å². The van der Waals surface area contributed by atoms with Crippen molar-refractivity contribution < 1.29 is 14.3 Å². The maximum absolute atomic E-state index is 12.7. The van der Waals surface area contributed by atoms with E-state index in [0.717, 1.165) is 22.6 Å². The molecule has 148 valence electrons. The van der Waals surface area contributed by atoms with Gasteiger partial charge in [0.2, 0.25) is 0 Å². The number of nitrogens with zero attached hydrogens (tertiary/aromatic N) is 3. The number of anilines is 2. The lowest BCUT2D eigenvalue weighted by Crippen LogP contribution is -2.49. The lowest BCUT2D eigenvalue weighted by Gasteiger charge is -2.34. The minimum atomic E-state index is -0.281. The maximum atomic E-state index is 12.7. The maximum Gasteiger partial charge on any atom is 0.409 e. The topological polar surface area (TPSA) is 74.8 Å². The largest absolute Gasteiger partial charge is 0.450 e. The van der Waals surface area contributed by atoms with Crippen LogP contribution in [0, 0.1) is 13.8 Å². The number of hydrogen-bond donors (Lipinski definition) is 1. The SMILES string of the molecule is CCOC(=O)N1CCN(c2cc(C(=O)Nc3cccc(C)c3C)ccn2)CC1. The van der Waals surface area contributed by atoms with Crippen molar-refractivity contribution in [1.82, 2.24) is 9.88 Å². The summed E-state index contributed by atoms with van der Waals surface area (Å²) < 4.78 is 5.05. The molecule has 1 saturated heterocycles. The summed E-state index contributed by atoms with van der Waals surface area (Å²) in [6, 6.07) is 9.35. The van der Waals surface area contributed by atoms with Gasteiger partial charge in [0.25, 0.3) is 5.91 Å². The molecule has 3 rings (SSSR count). The Balaban J connectivity index is 1.66. The van der Waals surface area contributed by atoms with Gasteiger partial charge in [-0.25, -0.2) is 9.78 Å². The summed E-state index contributed by atoms with van der Waals surface area (Å²) in [5.74, 6) is 0.569. The second-order valence-corrected chi connectivity index (χ2v) is 6.78. The number of carbonyl (C=O) groups is 2. The molecule has 0 radical (unpaired) electrons. The molecular formula is C21H26N4O3. The summed E-state index contributed by atoms with van der Waals surface area (Å²) in [6.07, 6.45) is 1.36. The van der Waals surface area contributed by atoms with Crippen molar-refractivity contribution in [3.63, 3.8) is 0 Å². The highest BCUT2D eigenvalue weighted by Crippen LogP contribution is 2.20. The van der Waals surface area contributed by atoms with Gasteiger partial charge in [-0.3, -0.25) is 4.79 Å². The van der Waals surface area contributed by atoms with Gasteiger partial charge in [-0.15, -0.1) is 0 Å². The third kappa shape index (κ3) is 4.42. The van der Waals surface area contributed by atoms with Crippen LogP contribution in [0.15, 0.2) is 36.5 Å². The summed E-state index contributed by atoms with van der Waals surface area (Å²) in [5.41, 5.74) is 3.55. The summed E-state index contributed by atoms with van der Waals surface area (Å²) in [6.45, 7) is 8.61. The van der Waals surface area contributed by atoms with Crippen molar-refractivity contribution in [2.45, 2.75) is 20.8 Å². The average molecular weight is 382 g/mol. The molecule has 1 fully saturated rings. The van der Waals surface area contributed by atoms with E-state index in [1.54, 1.807) is 30.2 Å². The van der Waals surface area contributed by atoms with Crippen LogP contribution >= 0.6 is 0 Å². The summed E-state index contributed by atoms with van der Waals surface area (Å²) in [4.78, 5) is 32.7. The zero-order valence-corrected chi connectivity index (χ0v) is 16.6. The van der Waals surface area contributed by atoms with E-state index in [1.807, 2.05) is 32.0 Å². The Bertz CT molecular complexity index is 860. The quantitative estimate of drug-likeness (QED) is 0.879. The van der Waals surface area contributed by atoms with Crippen LogP contribution in [-0.4, -0.2) is 54.7 Å². The van der Waals surface area contributed by atoms with E-state index >= 15 is 0 Å². The predicted molar refractivity (Wildman–Crippen MR) is 109 cm³/mol. The number of amides is 2. The minimum Gasteiger partial charge on any atom is -0.450 e. The molecule has 0 spiro atoms. The first-order valence-electron chi connectivity index (χ1n) is 9.50. The molecule has 7 heteroatoms. The van der Waals surface area contributed by atoms with E-state index in [4.69, 9.17) is 4.74 Å². The first-order chi connectivity index (χ1) is 13.5. The Morgan fingerprint density at radius 1 is 1.14 bits per heavy atom. The summed E-state index contributed by atoms with van der Waals surface area (Å²) in [5, 5.41) is 2.98. The van der Waals surface area contributed by atoms with Crippen LogP contribution in [-0.2, 0) is 4.74 Å². The second-order valence-electron chi connectivity index (χ2n) is 6.78. The number of nitrogens with one attached hydrogen (secondary N) is 1. The van der Waals surface area contributed by atoms with Crippen LogP contribution in [0.25, 0.3) is 0 Å². The number of piperazine rings is 1. The molecule has 0 aliphatic carbocycles. The van der Waals surface area contributed by atoms with Crippen molar-refractivity contribution in [3.8, 4) is 0 Å². The number of aryl methyl sites for hydroxylation is 1. The van der Waals surface area contributed by atoms with Crippen LogP contribution in [0.5, 0.6) is 0 Å². The van der Waals surface area contributed by atoms with E-state index in [1.165, 1.54) is 0 Å². The third-order valence-electron chi connectivity index (χ3n) is 4.99. The number of aromatic nitrogens is 1. The Hall–Kier alpha value is -3.09. The lowest BCUT2D eigenvalue weighted by molar-refractivity contribution is 0.102. The van der Waals surface area contributed by atoms with Crippen molar-refractivity contribution in [2.24, 2.45) is 0 Å². The highest BCUT2D eigenvalue weighted by Gasteiger charge is 2.23. The Morgan fingerprint density at radius 2 is 1.89 bits per heavy atom. The molecule has 1 aliphatic heterocycles. The third-order valence-corrected chi connectivity index (χ3v) is 4.99. The van der Waals surface area contributed by atoms with E-state index in [2.05, 4.69) is 15.2 Å². The normalized spacial score (nSPS) is 14.0. The number of ether oxygens (including phenoxy) is 1. The summed E-state index contributed by atoms with van der Waals surface area (Å²) >= 11 is 0. The molecule has 2 heterocycles. The smallest absolute Gasteiger partial charge is 0.409 e. The van der Waals surface area contributed by atoms with Crippen LogP contribution in [0.1, 0.15) is 28.4 Å². The fourth-order valence-corrected chi connectivity index (χ4v) is 3.15. The molecule has 0 saturated carbocycles. The van der Waals surface area contributed by atoms with Crippen LogP contribution in [0.2, 0.25) is 0 Å². The highest BCUT2D eigenvalue weighted by molar-refractivity contribution is 6.05. The minimum absolute atomic E-state index is 0.164.